The highest BCUT2D eigenvalue weighted by Gasteiger charge is 2.18. The second kappa shape index (κ2) is 3.45. The first kappa shape index (κ1) is 10.8. The van der Waals surface area contributed by atoms with E-state index in [2.05, 4.69) is 62.7 Å². The number of aryl methyl sites for hydroxylation is 1. The Morgan fingerprint density at radius 3 is 2.08 bits per heavy atom. The first-order valence-corrected chi connectivity index (χ1v) is 5.39. The molecular formula is C12H17Br. The zero-order chi connectivity index (χ0) is 10.2. The SMILES string of the molecule is Cc1ccc(C(C)(C)C)c(Br)c1C. The van der Waals surface area contributed by atoms with Crippen molar-refractivity contribution in [1.82, 2.24) is 0 Å². The van der Waals surface area contributed by atoms with E-state index in [0.717, 1.165) is 0 Å². The molecule has 0 nitrogen and oxygen atoms in total. The molecule has 0 saturated heterocycles. The molecule has 0 saturated carbocycles. The van der Waals surface area contributed by atoms with E-state index in [0.29, 0.717) is 0 Å². The molecule has 0 heterocycles. The zero-order valence-electron chi connectivity index (χ0n) is 9.03. The number of hydrogen-bond donors (Lipinski definition) is 0. The van der Waals surface area contributed by atoms with E-state index in [-0.39, 0.29) is 5.41 Å². The molecule has 1 aromatic rings. The molecule has 0 amide bonds. The summed E-state index contributed by atoms with van der Waals surface area (Å²) in [6, 6.07) is 4.41. The van der Waals surface area contributed by atoms with Gasteiger partial charge < -0.3 is 0 Å². The molecule has 0 bridgehead atoms. The molecule has 1 aromatic carbocycles. The molecule has 0 aliphatic carbocycles. The topological polar surface area (TPSA) is 0 Å². The van der Waals surface area contributed by atoms with Crippen LogP contribution in [0.1, 0.15) is 37.5 Å². The molecule has 0 N–H and O–H groups in total. The third-order valence-electron chi connectivity index (χ3n) is 2.47. The summed E-state index contributed by atoms with van der Waals surface area (Å²) in [6.45, 7) is 11.0. The van der Waals surface area contributed by atoms with Gasteiger partial charge >= 0.3 is 0 Å². The minimum atomic E-state index is 0.220. The molecule has 0 aliphatic heterocycles. The van der Waals surface area contributed by atoms with Crippen LogP contribution in [-0.4, -0.2) is 0 Å². The average Bonchev–Trinajstić information content (AvgIpc) is 1.98. The molecule has 0 spiro atoms. The molecule has 0 unspecified atom stereocenters. The van der Waals surface area contributed by atoms with Gasteiger partial charge in [-0.25, -0.2) is 0 Å². The van der Waals surface area contributed by atoms with Crippen molar-refractivity contribution in [2.45, 2.75) is 40.0 Å². The van der Waals surface area contributed by atoms with Gasteiger partial charge in [0.15, 0.2) is 0 Å². The summed E-state index contributed by atoms with van der Waals surface area (Å²) in [7, 11) is 0. The van der Waals surface area contributed by atoms with Crippen LogP contribution in [0.5, 0.6) is 0 Å². The fourth-order valence-electron chi connectivity index (χ4n) is 1.36. The van der Waals surface area contributed by atoms with Crippen molar-refractivity contribution < 1.29 is 0 Å². The van der Waals surface area contributed by atoms with Gasteiger partial charge in [0, 0.05) is 4.47 Å². The maximum Gasteiger partial charge on any atom is 0.0244 e. The van der Waals surface area contributed by atoms with E-state index in [1.54, 1.807) is 0 Å². The van der Waals surface area contributed by atoms with Gasteiger partial charge in [-0.2, -0.15) is 0 Å². The Hall–Kier alpha value is -0.300. The summed E-state index contributed by atoms with van der Waals surface area (Å²) >= 11 is 3.67. The molecule has 0 radical (unpaired) electrons. The van der Waals surface area contributed by atoms with E-state index in [9.17, 15) is 0 Å². The second-order valence-electron chi connectivity index (χ2n) is 4.62. The third kappa shape index (κ3) is 2.14. The summed E-state index contributed by atoms with van der Waals surface area (Å²) in [4.78, 5) is 0. The molecule has 1 rings (SSSR count). The van der Waals surface area contributed by atoms with Crippen LogP contribution < -0.4 is 0 Å². The predicted octanol–water partition coefficient (Wildman–Crippen LogP) is 4.36. The van der Waals surface area contributed by atoms with Crippen LogP contribution in [0.25, 0.3) is 0 Å². The van der Waals surface area contributed by atoms with Gasteiger partial charge in [-0.15, -0.1) is 0 Å². The molecule has 0 aliphatic rings. The van der Waals surface area contributed by atoms with Crippen molar-refractivity contribution in [2.75, 3.05) is 0 Å². The van der Waals surface area contributed by atoms with E-state index in [1.165, 1.54) is 21.2 Å². The maximum absolute atomic E-state index is 3.67. The summed E-state index contributed by atoms with van der Waals surface area (Å²) in [5.74, 6) is 0. The first-order valence-electron chi connectivity index (χ1n) is 4.60. The molecule has 72 valence electrons. The van der Waals surface area contributed by atoms with Crippen LogP contribution in [0.3, 0.4) is 0 Å². The van der Waals surface area contributed by atoms with Gasteiger partial charge in [0.05, 0.1) is 0 Å². The Kier molecular flexibility index (Phi) is 2.86. The number of halogens is 1. The minimum Gasteiger partial charge on any atom is -0.0587 e. The normalized spacial score (nSPS) is 11.8. The van der Waals surface area contributed by atoms with Gasteiger partial charge in [-0.05, 0) is 36.0 Å². The second-order valence-corrected chi connectivity index (χ2v) is 5.41. The van der Waals surface area contributed by atoms with Crippen LogP contribution in [0.4, 0.5) is 0 Å². The lowest BCUT2D eigenvalue weighted by atomic mass is 9.85. The summed E-state index contributed by atoms with van der Waals surface area (Å²) in [5, 5.41) is 0. The standard InChI is InChI=1S/C12H17Br/c1-8-6-7-10(12(3,4)5)11(13)9(8)2/h6-7H,1-5H3. The van der Waals surface area contributed by atoms with Crippen molar-refractivity contribution in [1.29, 1.82) is 0 Å². The highest BCUT2D eigenvalue weighted by atomic mass is 79.9. The lowest BCUT2D eigenvalue weighted by Gasteiger charge is -2.22. The highest BCUT2D eigenvalue weighted by molar-refractivity contribution is 9.10. The zero-order valence-corrected chi connectivity index (χ0v) is 10.6. The average molecular weight is 241 g/mol. The predicted molar refractivity (Wildman–Crippen MR) is 62.3 cm³/mol. The minimum absolute atomic E-state index is 0.220. The smallest absolute Gasteiger partial charge is 0.0244 e. The van der Waals surface area contributed by atoms with Gasteiger partial charge in [0.2, 0.25) is 0 Å². The number of rotatable bonds is 0. The third-order valence-corrected chi connectivity index (χ3v) is 3.49. The van der Waals surface area contributed by atoms with E-state index in [1.807, 2.05) is 0 Å². The van der Waals surface area contributed by atoms with Gasteiger partial charge in [-0.3, -0.25) is 0 Å². The summed E-state index contributed by atoms with van der Waals surface area (Å²) in [5.41, 5.74) is 4.31. The van der Waals surface area contributed by atoms with Crippen molar-refractivity contribution in [3.8, 4) is 0 Å². The lowest BCUT2D eigenvalue weighted by Crippen LogP contribution is -2.12. The van der Waals surface area contributed by atoms with Crippen molar-refractivity contribution in [3.05, 3.63) is 33.3 Å². The van der Waals surface area contributed by atoms with Crippen LogP contribution in [-0.2, 0) is 5.41 Å². The fourth-order valence-corrected chi connectivity index (χ4v) is 2.40. The number of hydrogen-bond acceptors (Lipinski definition) is 0. The van der Waals surface area contributed by atoms with Gasteiger partial charge in [-0.1, -0.05) is 48.8 Å². The quantitative estimate of drug-likeness (QED) is 0.632. The molecule has 0 fully saturated rings. The lowest BCUT2D eigenvalue weighted by molar-refractivity contribution is 0.586. The van der Waals surface area contributed by atoms with Crippen LogP contribution in [0, 0.1) is 13.8 Å². The Morgan fingerprint density at radius 2 is 1.62 bits per heavy atom. The van der Waals surface area contributed by atoms with E-state index in [4.69, 9.17) is 0 Å². The largest absolute Gasteiger partial charge is 0.0587 e. The van der Waals surface area contributed by atoms with Gasteiger partial charge in [0.25, 0.3) is 0 Å². The Bertz CT molecular complexity index is 319. The Morgan fingerprint density at radius 1 is 1.08 bits per heavy atom. The first-order chi connectivity index (χ1) is 5.84. The van der Waals surface area contributed by atoms with Crippen LogP contribution in [0.15, 0.2) is 16.6 Å². The van der Waals surface area contributed by atoms with E-state index < -0.39 is 0 Å². The summed E-state index contributed by atoms with van der Waals surface area (Å²) < 4.78 is 1.26. The number of benzene rings is 1. The Labute approximate surface area is 89.5 Å². The van der Waals surface area contributed by atoms with Crippen LogP contribution in [0.2, 0.25) is 0 Å². The van der Waals surface area contributed by atoms with Crippen LogP contribution >= 0.6 is 15.9 Å². The van der Waals surface area contributed by atoms with Gasteiger partial charge in [0.1, 0.15) is 0 Å². The monoisotopic (exact) mass is 240 g/mol. The van der Waals surface area contributed by atoms with Crippen molar-refractivity contribution in [3.63, 3.8) is 0 Å². The van der Waals surface area contributed by atoms with E-state index >= 15 is 0 Å². The van der Waals surface area contributed by atoms with Crippen molar-refractivity contribution in [2.24, 2.45) is 0 Å². The highest BCUT2D eigenvalue weighted by Crippen LogP contribution is 2.33. The molecule has 0 aromatic heterocycles. The Balaban J connectivity index is 3.35. The molecular weight excluding hydrogens is 224 g/mol. The maximum atomic E-state index is 3.67. The molecule has 0 atom stereocenters. The molecule has 13 heavy (non-hydrogen) atoms. The van der Waals surface area contributed by atoms with Crippen molar-refractivity contribution >= 4 is 15.9 Å². The fraction of sp³-hybridized carbons (Fsp3) is 0.500. The molecule has 1 heteroatoms. The summed E-state index contributed by atoms with van der Waals surface area (Å²) in [6.07, 6.45) is 0.